The smallest absolute Gasteiger partial charge is 0.303 e. The number of carbonyl (C=O) groups excluding carboxylic acids is 3. The van der Waals surface area contributed by atoms with Gasteiger partial charge in [-0.05, 0) is 61.2 Å². The van der Waals surface area contributed by atoms with Crippen molar-refractivity contribution in [3.63, 3.8) is 0 Å². The normalized spacial score (nSPS) is 44.8. The summed E-state index contributed by atoms with van der Waals surface area (Å²) in [5.74, 6) is 0.259. The van der Waals surface area contributed by atoms with Crippen molar-refractivity contribution in [2.24, 2.45) is 34.5 Å². The van der Waals surface area contributed by atoms with Crippen LogP contribution in [0.5, 0.6) is 0 Å². The van der Waals surface area contributed by atoms with Gasteiger partial charge in [-0.25, -0.2) is 0 Å². The van der Waals surface area contributed by atoms with Gasteiger partial charge in [0.2, 0.25) is 0 Å². The molecule has 4 aliphatic rings. The van der Waals surface area contributed by atoms with Gasteiger partial charge in [0.05, 0.1) is 6.10 Å². The summed E-state index contributed by atoms with van der Waals surface area (Å²) in [5.41, 5.74) is 0.802. The quantitative estimate of drug-likeness (QED) is 0.593. The number of aliphatic hydroxyl groups is 1. The number of ketones is 2. The van der Waals surface area contributed by atoms with Gasteiger partial charge in [0, 0.05) is 25.2 Å². The summed E-state index contributed by atoms with van der Waals surface area (Å²) < 4.78 is 4.96. The van der Waals surface area contributed by atoms with E-state index in [1.165, 1.54) is 12.5 Å². The van der Waals surface area contributed by atoms with E-state index in [0.29, 0.717) is 24.5 Å². The van der Waals surface area contributed by atoms with Crippen molar-refractivity contribution in [1.29, 1.82) is 0 Å². The molecule has 0 aromatic rings. The molecule has 0 saturated heterocycles. The fourth-order valence-electron chi connectivity index (χ4n) is 7.27. The van der Waals surface area contributed by atoms with E-state index < -0.39 is 5.97 Å². The number of hydrogen-bond acceptors (Lipinski definition) is 5. The number of esters is 1. The van der Waals surface area contributed by atoms with E-state index in [4.69, 9.17) is 4.74 Å². The lowest BCUT2D eigenvalue weighted by molar-refractivity contribution is -0.152. The molecule has 28 heavy (non-hydrogen) atoms. The van der Waals surface area contributed by atoms with Crippen LogP contribution < -0.4 is 0 Å². The van der Waals surface area contributed by atoms with Crippen molar-refractivity contribution in [1.82, 2.24) is 0 Å². The van der Waals surface area contributed by atoms with Gasteiger partial charge in [-0.1, -0.05) is 25.5 Å². The molecule has 0 radical (unpaired) electrons. The number of allylic oxidation sites excluding steroid dienone is 1. The topological polar surface area (TPSA) is 80.7 Å². The predicted molar refractivity (Wildman–Crippen MR) is 103 cm³/mol. The van der Waals surface area contributed by atoms with Gasteiger partial charge in [-0.2, -0.15) is 0 Å². The van der Waals surface area contributed by atoms with Crippen LogP contribution in [0, 0.1) is 34.5 Å². The van der Waals surface area contributed by atoms with Crippen LogP contribution in [0.2, 0.25) is 0 Å². The molecule has 0 aromatic carbocycles. The third-order valence-electron chi connectivity index (χ3n) is 8.57. The lowest BCUT2D eigenvalue weighted by atomic mass is 9.47. The Hall–Kier alpha value is -1.49. The number of fused-ring (bicyclic) bond motifs is 5. The minimum absolute atomic E-state index is 0.0143. The molecule has 0 bridgehead atoms. The molecule has 0 aromatic heterocycles. The second kappa shape index (κ2) is 6.79. The van der Waals surface area contributed by atoms with Gasteiger partial charge in [-0.3, -0.25) is 14.4 Å². The molecule has 1 N–H and O–H groups in total. The molecule has 4 rings (SSSR count). The maximum atomic E-state index is 13.5. The van der Waals surface area contributed by atoms with E-state index in [1.54, 1.807) is 0 Å². The number of rotatable bonds is 3. The molecule has 3 saturated carbocycles. The minimum atomic E-state index is -0.440. The standard InChI is InChI=1S/C23H32O5/c1-13(24)28-12-20(27)18-7-6-17-16-5-4-14-10-15(25)8-9-22(14,2)21(16)19(26)11-23(17,18)3/h4,15-18,21,25H,5-12H2,1-3H3/t15-,16-,17-,18+,21+,22-,23-/m0/s1. The van der Waals surface area contributed by atoms with Crippen LogP contribution in [0.15, 0.2) is 11.6 Å². The Morgan fingerprint density at radius 3 is 2.71 bits per heavy atom. The van der Waals surface area contributed by atoms with E-state index in [9.17, 15) is 19.5 Å². The lowest BCUT2D eigenvalue weighted by Gasteiger charge is -2.56. The molecule has 0 aliphatic heterocycles. The van der Waals surface area contributed by atoms with E-state index in [2.05, 4.69) is 19.9 Å². The van der Waals surface area contributed by atoms with Crippen molar-refractivity contribution >= 4 is 17.5 Å². The summed E-state index contributed by atoms with van der Waals surface area (Å²) in [6.45, 7) is 5.47. The highest BCUT2D eigenvalue weighted by Gasteiger charge is 2.62. The highest BCUT2D eigenvalue weighted by atomic mass is 16.5. The van der Waals surface area contributed by atoms with Crippen LogP contribution in [0.4, 0.5) is 0 Å². The van der Waals surface area contributed by atoms with Crippen molar-refractivity contribution in [2.45, 2.75) is 71.8 Å². The second-order valence-corrected chi connectivity index (χ2v) is 10.1. The molecule has 0 unspecified atom stereocenters. The van der Waals surface area contributed by atoms with Gasteiger partial charge in [0.15, 0.2) is 5.78 Å². The van der Waals surface area contributed by atoms with E-state index in [-0.39, 0.29) is 47.1 Å². The van der Waals surface area contributed by atoms with Crippen LogP contribution >= 0.6 is 0 Å². The zero-order valence-electron chi connectivity index (χ0n) is 17.2. The van der Waals surface area contributed by atoms with Gasteiger partial charge in [0.1, 0.15) is 12.4 Å². The fraction of sp³-hybridized carbons (Fsp3) is 0.783. The third kappa shape index (κ3) is 2.89. The molecule has 154 valence electrons. The summed E-state index contributed by atoms with van der Waals surface area (Å²) in [4.78, 5) is 37.3. The summed E-state index contributed by atoms with van der Waals surface area (Å²) in [6.07, 6.45) is 7.39. The van der Waals surface area contributed by atoms with Gasteiger partial charge in [-0.15, -0.1) is 0 Å². The molecule has 5 heteroatoms. The maximum Gasteiger partial charge on any atom is 0.303 e. The average Bonchev–Trinajstić information content (AvgIpc) is 2.96. The van der Waals surface area contributed by atoms with Crippen LogP contribution in [0.25, 0.3) is 0 Å². The Labute approximate surface area is 166 Å². The van der Waals surface area contributed by atoms with E-state index in [1.807, 2.05) is 0 Å². The first-order valence-corrected chi connectivity index (χ1v) is 10.7. The number of carbonyl (C=O) groups is 3. The Morgan fingerprint density at radius 2 is 2.00 bits per heavy atom. The van der Waals surface area contributed by atoms with Crippen LogP contribution in [0.3, 0.4) is 0 Å². The Kier molecular flexibility index (Phi) is 4.80. The van der Waals surface area contributed by atoms with E-state index in [0.717, 1.165) is 32.1 Å². The first kappa shape index (κ1) is 19.8. The van der Waals surface area contributed by atoms with Gasteiger partial charge in [0.25, 0.3) is 0 Å². The van der Waals surface area contributed by atoms with Crippen molar-refractivity contribution in [3.8, 4) is 0 Å². The maximum absolute atomic E-state index is 13.5. The molecular weight excluding hydrogens is 356 g/mol. The van der Waals surface area contributed by atoms with Crippen molar-refractivity contribution < 1.29 is 24.2 Å². The molecular formula is C23H32O5. The van der Waals surface area contributed by atoms with Crippen molar-refractivity contribution in [2.75, 3.05) is 6.61 Å². The largest absolute Gasteiger partial charge is 0.458 e. The van der Waals surface area contributed by atoms with Crippen LogP contribution in [-0.2, 0) is 19.1 Å². The van der Waals surface area contributed by atoms with E-state index >= 15 is 0 Å². The number of hydrogen-bond donors (Lipinski definition) is 1. The lowest BCUT2D eigenvalue weighted by Crippen LogP contribution is -2.55. The molecule has 4 aliphatic carbocycles. The summed E-state index contributed by atoms with van der Waals surface area (Å²) >= 11 is 0. The minimum Gasteiger partial charge on any atom is -0.458 e. The summed E-state index contributed by atoms with van der Waals surface area (Å²) in [5, 5.41) is 10.1. The van der Waals surface area contributed by atoms with Crippen molar-refractivity contribution in [3.05, 3.63) is 11.6 Å². The Balaban J connectivity index is 1.61. The second-order valence-electron chi connectivity index (χ2n) is 10.1. The van der Waals surface area contributed by atoms with Gasteiger partial charge >= 0.3 is 5.97 Å². The Morgan fingerprint density at radius 1 is 1.25 bits per heavy atom. The van der Waals surface area contributed by atoms with Gasteiger partial charge < -0.3 is 9.84 Å². The molecule has 7 atom stereocenters. The monoisotopic (exact) mass is 388 g/mol. The fourth-order valence-corrected chi connectivity index (χ4v) is 7.27. The molecule has 0 heterocycles. The van der Waals surface area contributed by atoms with Crippen LogP contribution in [-0.4, -0.2) is 35.4 Å². The molecule has 3 fully saturated rings. The average molecular weight is 389 g/mol. The summed E-state index contributed by atoms with van der Waals surface area (Å²) in [6, 6.07) is 0. The molecule has 0 spiro atoms. The summed E-state index contributed by atoms with van der Waals surface area (Å²) in [7, 11) is 0. The zero-order valence-corrected chi connectivity index (χ0v) is 17.2. The SMILES string of the molecule is CC(=O)OCC(=O)[C@H]1CC[C@H]2[C@@H]3CC=C4C[C@@H](O)CC[C@]4(C)[C@H]3C(=O)C[C@]12C. The third-order valence-corrected chi connectivity index (χ3v) is 8.57. The molecule has 5 nitrogen and oxygen atoms in total. The number of Topliss-reactive ketones (excluding diaryl/α,β-unsaturated/α-hetero) is 2. The van der Waals surface area contributed by atoms with Crippen LogP contribution in [0.1, 0.15) is 65.7 Å². The molecule has 0 amide bonds. The first-order chi connectivity index (χ1) is 13.2. The zero-order chi connectivity index (χ0) is 20.3. The Bertz CT molecular complexity index is 739. The highest BCUT2D eigenvalue weighted by Crippen LogP contribution is 2.65. The first-order valence-electron chi connectivity index (χ1n) is 10.7. The predicted octanol–water partition coefficient (Wildman–Crippen LogP) is 3.24. The number of ether oxygens (including phenoxy) is 1. The highest BCUT2D eigenvalue weighted by molar-refractivity contribution is 5.89. The number of aliphatic hydroxyl groups excluding tert-OH is 1.